The molecule has 2 nitrogen and oxygen atoms in total. The average Bonchev–Trinajstić information content (AvgIpc) is 2.55. The second kappa shape index (κ2) is 5.78. The summed E-state index contributed by atoms with van der Waals surface area (Å²) in [6.07, 6.45) is 0.980. The van der Waals surface area contributed by atoms with Gasteiger partial charge in [-0.1, -0.05) is 29.8 Å². The molecule has 1 unspecified atom stereocenters. The lowest BCUT2D eigenvalue weighted by molar-refractivity contribution is -0.128. The van der Waals surface area contributed by atoms with Crippen LogP contribution in [0.15, 0.2) is 24.3 Å². The van der Waals surface area contributed by atoms with E-state index in [0.29, 0.717) is 5.25 Å². The fraction of sp³-hybridized carbons (Fsp3) is 0.462. The lowest BCUT2D eigenvalue weighted by Crippen LogP contribution is -2.30. The number of carbonyl (C=O) groups is 1. The van der Waals surface area contributed by atoms with Crippen molar-refractivity contribution in [2.45, 2.75) is 18.6 Å². The van der Waals surface area contributed by atoms with Crippen molar-refractivity contribution in [1.29, 1.82) is 0 Å². The molecule has 1 atom stereocenters. The minimum atomic E-state index is 0.172. The first-order chi connectivity index (χ1) is 8.18. The van der Waals surface area contributed by atoms with Crippen molar-refractivity contribution in [2.75, 3.05) is 18.8 Å². The number of nitrogens with zero attached hydrogens (tertiary/aromatic N) is 1. The first-order valence-corrected chi connectivity index (χ1v) is 7.22. The van der Waals surface area contributed by atoms with Crippen molar-refractivity contribution in [2.24, 2.45) is 0 Å². The van der Waals surface area contributed by atoms with Crippen LogP contribution in [0.25, 0.3) is 0 Å². The van der Waals surface area contributed by atoms with Gasteiger partial charge in [-0.2, -0.15) is 11.8 Å². The minimum absolute atomic E-state index is 0.172. The summed E-state index contributed by atoms with van der Waals surface area (Å²) in [6, 6.07) is 8.00. The highest BCUT2D eigenvalue weighted by Crippen LogP contribution is 2.37. The third-order valence-electron chi connectivity index (χ3n) is 3.04. The maximum atomic E-state index is 11.4. The van der Waals surface area contributed by atoms with Crippen LogP contribution in [0.5, 0.6) is 0 Å². The van der Waals surface area contributed by atoms with E-state index in [1.54, 1.807) is 6.92 Å². The van der Waals surface area contributed by atoms with Crippen molar-refractivity contribution < 1.29 is 4.79 Å². The summed E-state index contributed by atoms with van der Waals surface area (Å²) >= 11 is 8.11. The Morgan fingerprint density at radius 1 is 1.41 bits per heavy atom. The lowest BCUT2D eigenvalue weighted by atomic mass is 10.1. The van der Waals surface area contributed by atoms with Gasteiger partial charge in [0.1, 0.15) is 0 Å². The van der Waals surface area contributed by atoms with E-state index in [-0.39, 0.29) is 5.91 Å². The van der Waals surface area contributed by atoms with Gasteiger partial charge in [0.05, 0.1) is 0 Å². The molecule has 92 valence electrons. The number of hydrogen-bond acceptors (Lipinski definition) is 2. The quantitative estimate of drug-likeness (QED) is 0.779. The zero-order valence-electron chi connectivity index (χ0n) is 9.86. The smallest absolute Gasteiger partial charge is 0.219 e. The second-order valence-corrected chi connectivity index (χ2v) is 5.89. The fourth-order valence-corrected chi connectivity index (χ4v) is 3.67. The van der Waals surface area contributed by atoms with Crippen LogP contribution in [-0.4, -0.2) is 29.6 Å². The van der Waals surface area contributed by atoms with Gasteiger partial charge in [0.2, 0.25) is 5.91 Å². The van der Waals surface area contributed by atoms with Gasteiger partial charge in [-0.25, -0.2) is 0 Å². The molecule has 17 heavy (non-hydrogen) atoms. The molecule has 1 fully saturated rings. The van der Waals surface area contributed by atoms with Crippen molar-refractivity contribution >= 4 is 29.3 Å². The second-order valence-electron chi connectivity index (χ2n) is 4.18. The summed E-state index contributed by atoms with van der Waals surface area (Å²) in [5.74, 6) is 1.15. The molecule has 1 aliphatic heterocycles. The summed E-state index contributed by atoms with van der Waals surface area (Å²) in [4.78, 5) is 13.3. The van der Waals surface area contributed by atoms with Crippen molar-refractivity contribution in [3.8, 4) is 0 Å². The number of halogens is 1. The van der Waals surface area contributed by atoms with Crippen LogP contribution >= 0.6 is 23.4 Å². The number of amides is 1. The molecule has 0 N–H and O–H groups in total. The van der Waals surface area contributed by atoms with Crippen LogP contribution in [-0.2, 0) is 4.79 Å². The summed E-state index contributed by atoms with van der Waals surface area (Å²) < 4.78 is 0. The standard InChI is InChI=1S/C13H16ClNOS/c1-10(16)15-7-6-13(17-9-8-15)11-4-2-3-5-12(11)14/h2-5,13H,6-9H2,1H3. The Morgan fingerprint density at radius 3 is 2.88 bits per heavy atom. The molecule has 0 spiro atoms. The topological polar surface area (TPSA) is 20.3 Å². The third-order valence-corrected chi connectivity index (χ3v) is 4.69. The largest absolute Gasteiger partial charge is 0.342 e. The molecule has 0 aromatic heterocycles. The number of thioether (sulfide) groups is 1. The molecular formula is C13H16ClNOS. The zero-order valence-corrected chi connectivity index (χ0v) is 11.4. The van der Waals surface area contributed by atoms with E-state index in [0.717, 1.165) is 30.3 Å². The van der Waals surface area contributed by atoms with Crippen LogP contribution < -0.4 is 0 Å². The third kappa shape index (κ3) is 3.17. The first-order valence-electron chi connectivity index (χ1n) is 5.80. The molecule has 1 heterocycles. The van der Waals surface area contributed by atoms with Gasteiger partial charge in [-0.15, -0.1) is 0 Å². The van der Waals surface area contributed by atoms with E-state index >= 15 is 0 Å². The molecule has 1 aromatic carbocycles. The Morgan fingerprint density at radius 2 is 2.18 bits per heavy atom. The molecule has 0 saturated carbocycles. The van der Waals surface area contributed by atoms with Gasteiger partial charge < -0.3 is 4.90 Å². The summed E-state index contributed by atoms with van der Waals surface area (Å²) in [5.41, 5.74) is 1.20. The molecule has 1 saturated heterocycles. The van der Waals surface area contributed by atoms with Gasteiger partial charge in [0, 0.05) is 36.0 Å². The predicted octanol–water partition coefficient (Wildman–Crippen LogP) is 3.37. The highest BCUT2D eigenvalue weighted by atomic mass is 35.5. The van der Waals surface area contributed by atoms with E-state index in [9.17, 15) is 4.79 Å². The number of rotatable bonds is 1. The molecule has 1 amide bonds. The van der Waals surface area contributed by atoms with Gasteiger partial charge in [-0.05, 0) is 18.1 Å². The predicted molar refractivity (Wildman–Crippen MR) is 73.5 cm³/mol. The lowest BCUT2D eigenvalue weighted by Gasteiger charge is -2.18. The van der Waals surface area contributed by atoms with Gasteiger partial charge in [0.15, 0.2) is 0 Å². The van der Waals surface area contributed by atoms with E-state index in [1.807, 2.05) is 34.9 Å². The van der Waals surface area contributed by atoms with Crippen LogP contribution in [0.2, 0.25) is 5.02 Å². The Kier molecular flexibility index (Phi) is 4.35. The molecular weight excluding hydrogens is 254 g/mol. The van der Waals surface area contributed by atoms with Crippen LogP contribution in [0.4, 0.5) is 0 Å². The highest BCUT2D eigenvalue weighted by Gasteiger charge is 2.21. The zero-order chi connectivity index (χ0) is 12.3. The summed E-state index contributed by atoms with van der Waals surface area (Å²) in [6.45, 7) is 3.32. The molecule has 2 rings (SSSR count). The van der Waals surface area contributed by atoms with Gasteiger partial charge >= 0.3 is 0 Å². The van der Waals surface area contributed by atoms with Crippen molar-refractivity contribution in [3.63, 3.8) is 0 Å². The molecule has 0 radical (unpaired) electrons. The van der Waals surface area contributed by atoms with E-state index in [1.165, 1.54) is 5.56 Å². The highest BCUT2D eigenvalue weighted by molar-refractivity contribution is 7.99. The summed E-state index contributed by atoms with van der Waals surface area (Å²) in [5, 5.41) is 1.24. The first kappa shape index (κ1) is 12.8. The number of carbonyl (C=O) groups excluding carboxylic acids is 1. The van der Waals surface area contributed by atoms with Gasteiger partial charge in [0.25, 0.3) is 0 Å². The Labute approximate surface area is 111 Å². The number of benzene rings is 1. The molecule has 0 aliphatic carbocycles. The number of hydrogen-bond donors (Lipinski definition) is 0. The van der Waals surface area contributed by atoms with Gasteiger partial charge in [-0.3, -0.25) is 4.79 Å². The van der Waals surface area contributed by atoms with Crippen LogP contribution in [0.3, 0.4) is 0 Å². The fourth-order valence-electron chi connectivity index (χ4n) is 2.07. The maximum absolute atomic E-state index is 11.4. The maximum Gasteiger partial charge on any atom is 0.219 e. The SMILES string of the molecule is CC(=O)N1CCSC(c2ccccc2Cl)CC1. The molecule has 0 bridgehead atoms. The Balaban J connectivity index is 2.09. The molecule has 1 aromatic rings. The van der Waals surface area contributed by atoms with E-state index < -0.39 is 0 Å². The van der Waals surface area contributed by atoms with Crippen LogP contribution in [0, 0.1) is 0 Å². The molecule has 1 aliphatic rings. The average molecular weight is 270 g/mol. The van der Waals surface area contributed by atoms with Crippen molar-refractivity contribution in [3.05, 3.63) is 34.9 Å². The monoisotopic (exact) mass is 269 g/mol. The van der Waals surface area contributed by atoms with E-state index in [4.69, 9.17) is 11.6 Å². The minimum Gasteiger partial charge on any atom is -0.342 e. The molecule has 4 heteroatoms. The Hall–Kier alpha value is -0.670. The van der Waals surface area contributed by atoms with Crippen LogP contribution in [0.1, 0.15) is 24.2 Å². The van der Waals surface area contributed by atoms with Crippen molar-refractivity contribution in [1.82, 2.24) is 4.90 Å². The summed E-state index contributed by atoms with van der Waals surface area (Å²) in [7, 11) is 0. The normalized spacial score (nSPS) is 21.1. The van der Waals surface area contributed by atoms with E-state index in [2.05, 4.69) is 6.07 Å². The Bertz CT molecular complexity index is 410.